The zero-order chi connectivity index (χ0) is 21.3. The maximum atomic E-state index is 13.4. The maximum absolute atomic E-state index is 13.4. The van der Waals surface area contributed by atoms with Crippen molar-refractivity contribution in [3.8, 4) is 0 Å². The van der Waals surface area contributed by atoms with Gasteiger partial charge in [-0.15, -0.1) is 11.3 Å². The molecule has 4 aromatic rings. The van der Waals surface area contributed by atoms with Crippen LogP contribution in [-0.2, 0) is 9.53 Å². The number of methoxy groups -OCH3 is 1. The van der Waals surface area contributed by atoms with Crippen LogP contribution in [0.3, 0.4) is 0 Å². The average Bonchev–Trinajstić information content (AvgIpc) is 3.39. The molecule has 31 heavy (non-hydrogen) atoms. The van der Waals surface area contributed by atoms with Crippen molar-refractivity contribution in [3.05, 3.63) is 120 Å². The smallest absolute Gasteiger partial charge is 0.338 e. The number of benzene rings is 3. The van der Waals surface area contributed by atoms with Crippen LogP contribution in [0.25, 0.3) is 5.57 Å². The predicted molar refractivity (Wildman–Crippen MR) is 134 cm³/mol. The van der Waals surface area contributed by atoms with Crippen LogP contribution >= 0.6 is 18.2 Å². The fourth-order valence-electron chi connectivity index (χ4n) is 4.35. The maximum Gasteiger partial charge on any atom is 0.338 e. The second-order valence-corrected chi connectivity index (χ2v) is 11.8. The Bertz CT molecular complexity index is 1320. The standard InChI is InChI=1S/C27H21O2PS/c1-29-27(28)25-19-23(20-11-4-2-5-12-20)22-15-8-9-16-24(22)30(25,26-17-10-18-31-26)21-13-6-3-7-14-21/h2-19H,1H3. The van der Waals surface area contributed by atoms with E-state index in [2.05, 4.69) is 84.3 Å². The molecule has 0 saturated heterocycles. The molecule has 1 aliphatic rings. The lowest BCUT2D eigenvalue weighted by molar-refractivity contribution is -0.132. The van der Waals surface area contributed by atoms with Crippen LogP contribution in [0.5, 0.6) is 0 Å². The molecule has 0 spiro atoms. The number of carbonyl (C=O) groups excluding carboxylic acids is 1. The van der Waals surface area contributed by atoms with Gasteiger partial charge in [0, 0.05) is 11.5 Å². The monoisotopic (exact) mass is 440 g/mol. The van der Waals surface area contributed by atoms with E-state index in [9.17, 15) is 4.79 Å². The van der Waals surface area contributed by atoms with E-state index < -0.39 is 6.89 Å². The molecule has 152 valence electrons. The Morgan fingerprint density at radius 3 is 2.16 bits per heavy atom. The summed E-state index contributed by atoms with van der Waals surface area (Å²) in [6.45, 7) is -2.39. The highest BCUT2D eigenvalue weighted by Crippen LogP contribution is 2.52. The van der Waals surface area contributed by atoms with Crippen molar-refractivity contribution in [2.45, 2.75) is 0 Å². The van der Waals surface area contributed by atoms with E-state index >= 15 is 0 Å². The zero-order valence-electron chi connectivity index (χ0n) is 17.1. The summed E-state index contributed by atoms with van der Waals surface area (Å²) in [5, 5.41) is 5.19. The number of rotatable bonds is 4. The first kappa shape index (κ1) is 19.8. The average molecular weight is 441 g/mol. The van der Waals surface area contributed by atoms with E-state index in [-0.39, 0.29) is 5.97 Å². The molecule has 0 amide bonds. The van der Waals surface area contributed by atoms with Gasteiger partial charge in [-0.2, -0.15) is 0 Å². The lowest BCUT2D eigenvalue weighted by atomic mass is 9.96. The second kappa shape index (κ2) is 8.19. The van der Waals surface area contributed by atoms with E-state index in [4.69, 9.17) is 4.74 Å². The number of esters is 1. The van der Waals surface area contributed by atoms with Crippen molar-refractivity contribution < 1.29 is 9.53 Å². The Balaban J connectivity index is 2.01. The van der Waals surface area contributed by atoms with E-state index in [1.807, 2.05) is 24.3 Å². The minimum atomic E-state index is -2.39. The molecular weight excluding hydrogens is 419 g/mol. The lowest BCUT2D eigenvalue weighted by Crippen LogP contribution is -2.36. The van der Waals surface area contributed by atoms with Gasteiger partial charge in [0.2, 0.25) is 0 Å². The van der Waals surface area contributed by atoms with Gasteiger partial charge in [-0.1, -0.05) is 91.0 Å². The molecule has 0 bridgehead atoms. The molecule has 1 atom stereocenters. The molecule has 4 heteroatoms. The first-order valence-electron chi connectivity index (χ1n) is 10.1. The third kappa shape index (κ3) is 3.13. The Kier molecular flexibility index (Phi) is 5.23. The molecular formula is C27H21O2PS. The van der Waals surface area contributed by atoms with Crippen LogP contribution in [0, 0.1) is 0 Å². The molecule has 1 unspecified atom stereocenters. The SMILES string of the molecule is COC(=O)C1=P(c2ccccc2)(c2cccs2)c2ccccc2C(c2ccccc2)=C1. The molecule has 3 aromatic carbocycles. The van der Waals surface area contributed by atoms with Crippen molar-refractivity contribution in [3.63, 3.8) is 0 Å². The van der Waals surface area contributed by atoms with E-state index in [1.54, 1.807) is 11.3 Å². The van der Waals surface area contributed by atoms with Gasteiger partial charge in [0.15, 0.2) is 0 Å². The number of ether oxygens (including phenoxy) is 1. The van der Waals surface area contributed by atoms with Crippen LogP contribution in [0.1, 0.15) is 11.1 Å². The Morgan fingerprint density at radius 1 is 0.806 bits per heavy atom. The Morgan fingerprint density at radius 2 is 1.48 bits per heavy atom. The number of carbonyl (C=O) groups is 1. The van der Waals surface area contributed by atoms with Gasteiger partial charge >= 0.3 is 5.97 Å². The van der Waals surface area contributed by atoms with Gasteiger partial charge in [-0.25, -0.2) is 4.79 Å². The van der Waals surface area contributed by atoms with E-state index in [1.165, 1.54) is 22.6 Å². The van der Waals surface area contributed by atoms with E-state index in [0.717, 1.165) is 21.7 Å². The van der Waals surface area contributed by atoms with Crippen LogP contribution in [0.15, 0.2) is 109 Å². The summed E-state index contributed by atoms with van der Waals surface area (Å²) in [7, 11) is 1.47. The molecule has 0 N–H and O–H groups in total. The van der Waals surface area contributed by atoms with Gasteiger partial charge < -0.3 is 4.74 Å². The van der Waals surface area contributed by atoms with Crippen molar-refractivity contribution in [2.24, 2.45) is 0 Å². The molecule has 0 saturated carbocycles. The summed E-state index contributed by atoms with van der Waals surface area (Å²) in [6, 6.07) is 33.4. The third-order valence-electron chi connectivity index (χ3n) is 5.66. The number of thiophene rings is 1. The normalized spacial score (nSPS) is 17.6. The minimum Gasteiger partial charge on any atom is -0.465 e. The lowest BCUT2D eigenvalue weighted by Gasteiger charge is -2.35. The van der Waals surface area contributed by atoms with Gasteiger partial charge in [-0.3, -0.25) is 0 Å². The van der Waals surface area contributed by atoms with E-state index in [0.29, 0.717) is 0 Å². The van der Waals surface area contributed by atoms with Crippen molar-refractivity contribution >= 4 is 50.3 Å². The topological polar surface area (TPSA) is 26.3 Å². The van der Waals surface area contributed by atoms with Gasteiger partial charge in [-0.05, 0) is 44.8 Å². The predicted octanol–water partition coefficient (Wildman–Crippen LogP) is 4.83. The van der Waals surface area contributed by atoms with Crippen LogP contribution < -0.4 is 15.2 Å². The first-order chi connectivity index (χ1) is 15.3. The molecule has 5 rings (SSSR count). The van der Waals surface area contributed by atoms with Gasteiger partial charge in [0.25, 0.3) is 0 Å². The fourth-order valence-corrected chi connectivity index (χ4v) is 10.6. The molecule has 0 radical (unpaired) electrons. The molecule has 2 nitrogen and oxygen atoms in total. The van der Waals surface area contributed by atoms with Crippen LogP contribution in [0.2, 0.25) is 0 Å². The summed E-state index contributed by atoms with van der Waals surface area (Å²) in [4.78, 5) is 13.4. The zero-order valence-corrected chi connectivity index (χ0v) is 18.8. The number of hydrogen-bond donors (Lipinski definition) is 0. The summed E-state index contributed by atoms with van der Waals surface area (Å²) >= 11 is 1.71. The van der Waals surface area contributed by atoms with Crippen molar-refractivity contribution in [1.82, 2.24) is 0 Å². The summed E-state index contributed by atoms with van der Waals surface area (Å²) in [5.74, 6) is -0.270. The Hall–Kier alpha value is -3.13. The van der Waals surface area contributed by atoms with Gasteiger partial charge in [0.1, 0.15) is 0 Å². The molecule has 1 aliphatic heterocycles. The Labute approximate surface area is 186 Å². The van der Waals surface area contributed by atoms with Crippen molar-refractivity contribution in [1.29, 1.82) is 0 Å². The summed E-state index contributed by atoms with van der Waals surface area (Å²) in [6.07, 6.45) is 2.07. The van der Waals surface area contributed by atoms with Gasteiger partial charge in [0.05, 0.1) is 12.4 Å². The number of hydrogen-bond acceptors (Lipinski definition) is 3. The van der Waals surface area contributed by atoms with Crippen molar-refractivity contribution in [2.75, 3.05) is 7.11 Å². The molecule has 0 fully saturated rings. The first-order valence-corrected chi connectivity index (χ1v) is 12.8. The quantitative estimate of drug-likeness (QED) is 0.336. The summed E-state index contributed by atoms with van der Waals surface area (Å²) in [5.41, 5.74) is 3.32. The highest BCUT2D eigenvalue weighted by atomic mass is 32.1. The highest BCUT2D eigenvalue weighted by Gasteiger charge is 2.38. The fraction of sp³-hybridized carbons (Fsp3) is 0.0370. The van der Waals surface area contributed by atoms with Crippen LogP contribution in [-0.4, -0.2) is 18.4 Å². The largest absolute Gasteiger partial charge is 0.465 e. The molecule has 1 aromatic heterocycles. The second-order valence-electron chi connectivity index (χ2n) is 7.28. The minimum absolute atomic E-state index is 0.270. The number of fused-ring (bicyclic) bond motifs is 1. The summed E-state index contributed by atoms with van der Waals surface area (Å²) < 4.78 is 6.58. The highest BCUT2D eigenvalue weighted by molar-refractivity contribution is 7.99. The van der Waals surface area contributed by atoms with Crippen LogP contribution in [0.4, 0.5) is 0 Å². The third-order valence-corrected chi connectivity index (χ3v) is 11.5. The molecule has 2 heterocycles. The molecule has 0 aliphatic carbocycles.